The summed E-state index contributed by atoms with van der Waals surface area (Å²) in [4.78, 5) is 11.5. The molecule has 3 aromatic rings. The van der Waals surface area contributed by atoms with Crippen molar-refractivity contribution < 1.29 is 4.74 Å². The molecule has 3 rings (SSSR count). The zero-order valence-corrected chi connectivity index (χ0v) is 11.7. The van der Waals surface area contributed by atoms with Gasteiger partial charge in [-0.05, 0) is 23.8 Å². The van der Waals surface area contributed by atoms with Crippen molar-refractivity contribution in [2.45, 2.75) is 6.54 Å². The van der Waals surface area contributed by atoms with Gasteiger partial charge in [0.05, 0.1) is 37.6 Å². The number of nitrogens with zero attached hydrogens (tertiary/aromatic N) is 2. The number of methoxy groups -OCH3 is 1. The molecule has 0 bridgehead atoms. The highest BCUT2D eigenvalue weighted by molar-refractivity contribution is 5.61. The Bertz CT molecular complexity index is 693. The number of anilines is 1. The second-order valence-electron chi connectivity index (χ2n) is 4.57. The molecule has 0 saturated carbocycles. The normalized spacial score (nSPS) is 10.3. The van der Waals surface area contributed by atoms with Gasteiger partial charge in [-0.1, -0.05) is 18.2 Å². The van der Waals surface area contributed by atoms with Gasteiger partial charge >= 0.3 is 0 Å². The van der Waals surface area contributed by atoms with Crippen LogP contribution in [0.1, 0.15) is 5.69 Å². The van der Waals surface area contributed by atoms with Crippen molar-refractivity contribution in [2.75, 3.05) is 12.4 Å². The largest absolute Gasteiger partial charge is 0.481 e. The summed E-state index contributed by atoms with van der Waals surface area (Å²) in [6, 6.07) is 13.9. The van der Waals surface area contributed by atoms with Crippen LogP contribution in [0.4, 0.5) is 5.69 Å². The van der Waals surface area contributed by atoms with E-state index in [4.69, 9.17) is 4.74 Å². The third-order valence-corrected chi connectivity index (χ3v) is 3.16. The lowest BCUT2D eigenvalue weighted by molar-refractivity contribution is 0.396. The molecule has 5 heteroatoms. The molecule has 0 aliphatic carbocycles. The van der Waals surface area contributed by atoms with Gasteiger partial charge in [0, 0.05) is 11.8 Å². The van der Waals surface area contributed by atoms with E-state index in [1.54, 1.807) is 13.4 Å². The lowest BCUT2D eigenvalue weighted by Gasteiger charge is -2.07. The van der Waals surface area contributed by atoms with E-state index in [1.807, 2.05) is 36.5 Å². The van der Waals surface area contributed by atoms with Gasteiger partial charge in [0.15, 0.2) is 0 Å². The van der Waals surface area contributed by atoms with E-state index in [2.05, 4.69) is 32.4 Å². The average Bonchev–Trinajstić information content (AvgIpc) is 3.08. The zero-order chi connectivity index (χ0) is 14.5. The smallest absolute Gasteiger partial charge is 0.213 e. The SMILES string of the molecule is COc1cccc(CNc2ccc(-c3cnc[nH]3)cc2)n1. The second-order valence-corrected chi connectivity index (χ2v) is 4.57. The van der Waals surface area contributed by atoms with E-state index in [0.717, 1.165) is 22.6 Å². The molecule has 5 nitrogen and oxygen atoms in total. The minimum absolute atomic E-state index is 0.629. The Balaban J connectivity index is 1.65. The topological polar surface area (TPSA) is 62.8 Å². The molecular formula is C16H16N4O. The van der Waals surface area contributed by atoms with Crippen molar-refractivity contribution in [3.05, 3.63) is 60.7 Å². The van der Waals surface area contributed by atoms with E-state index < -0.39 is 0 Å². The number of rotatable bonds is 5. The van der Waals surface area contributed by atoms with E-state index in [1.165, 1.54) is 0 Å². The fraction of sp³-hybridized carbons (Fsp3) is 0.125. The second kappa shape index (κ2) is 6.09. The summed E-state index contributed by atoms with van der Waals surface area (Å²) in [5.41, 5.74) is 4.10. The van der Waals surface area contributed by atoms with Gasteiger partial charge in [-0.3, -0.25) is 0 Å². The Morgan fingerprint density at radius 3 is 2.71 bits per heavy atom. The number of aromatic nitrogens is 3. The fourth-order valence-corrected chi connectivity index (χ4v) is 2.04. The minimum Gasteiger partial charge on any atom is -0.481 e. The van der Waals surface area contributed by atoms with Crippen LogP contribution in [0.15, 0.2) is 55.0 Å². The lowest BCUT2D eigenvalue weighted by Crippen LogP contribution is -2.02. The molecule has 0 atom stereocenters. The van der Waals surface area contributed by atoms with Gasteiger partial charge < -0.3 is 15.0 Å². The molecule has 0 saturated heterocycles. The molecule has 2 N–H and O–H groups in total. The van der Waals surface area contributed by atoms with Crippen LogP contribution in [-0.4, -0.2) is 22.1 Å². The van der Waals surface area contributed by atoms with Crippen LogP contribution in [0, 0.1) is 0 Å². The molecule has 0 fully saturated rings. The zero-order valence-electron chi connectivity index (χ0n) is 11.7. The number of benzene rings is 1. The first-order valence-electron chi connectivity index (χ1n) is 6.68. The van der Waals surface area contributed by atoms with Gasteiger partial charge in [0.25, 0.3) is 0 Å². The molecule has 0 amide bonds. The molecule has 21 heavy (non-hydrogen) atoms. The van der Waals surface area contributed by atoms with E-state index in [0.29, 0.717) is 12.4 Å². The number of hydrogen-bond donors (Lipinski definition) is 2. The molecular weight excluding hydrogens is 264 g/mol. The number of ether oxygens (including phenoxy) is 1. The maximum Gasteiger partial charge on any atom is 0.213 e. The lowest BCUT2D eigenvalue weighted by atomic mass is 10.1. The van der Waals surface area contributed by atoms with Crippen molar-refractivity contribution in [3.8, 4) is 17.1 Å². The van der Waals surface area contributed by atoms with Crippen molar-refractivity contribution in [1.29, 1.82) is 0 Å². The van der Waals surface area contributed by atoms with Crippen LogP contribution in [0.2, 0.25) is 0 Å². The van der Waals surface area contributed by atoms with Crippen LogP contribution >= 0.6 is 0 Å². The molecule has 2 heterocycles. The number of imidazole rings is 1. The third kappa shape index (κ3) is 3.20. The summed E-state index contributed by atoms with van der Waals surface area (Å²) in [6.45, 7) is 0.653. The maximum atomic E-state index is 5.12. The highest BCUT2D eigenvalue weighted by Crippen LogP contribution is 2.19. The van der Waals surface area contributed by atoms with E-state index in [9.17, 15) is 0 Å². The van der Waals surface area contributed by atoms with E-state index in [-0.39, 0.29) is 0 Å². The summed E-state index contributed by atoms with van der Waals surface area (Å²) >= 11 is 0. The van der Waals surface area contributed by atoms with Crippen molar-refractivity contribution >= 4 is 5.69 Å². The molecule has 106 valence electrons. The number of hydrogen-bond acceptors (Lipinski definition) is 4. The summed E-state index contributed by atoms with van der Waals surface area (Å²) in [5, 5.41) is 3.34. The Labute approximate surface area is 123 Å². The van der Waals surface area contributed by atoms with Gasteiger partial charge in [-0.25, -0.2) is 9.97 Å². The van der Waals surface area contributed by atoms with Gasteiger partial charge in [0.1, 0.15) is 0 Å². The quantitative estimate of drug-likeness (QED) is 0.754. The number of H-pyrrole nitrogens is 1. The first-order valence-corrected chi connectivity index (χ1v) is 6.68. The van der Waals surface area contributed by atoms with Crippen LogP contribution in [0.3, 0.4) is 0 Å². The van der Waals surface area contributed by atoms with Crippen LogP contribution < -0.4 is 10.1 Å². The summed E-state index contributed by atoms with van der Waals surface area (Å²) in [5.74, 6) is 0.629. The molecule has 1 aromatic carbocycles. The Hall–Kier alpha value is -2.82. The predicted molar refractivity (Wildman–Crippen MR) is 82.1 cm³/mol. The molecule has 0 aliphatic rings. The third-order valence-electron chi connectivity index (χ3n) is 3.16. The van der Waals surface area contributed by atoms with Crippen LogP contribution in [-0.2, 0) is 6.54 Å². The Morgan fingerprint density at radius 2 is 2.00 bits per heavy atom. The summed E-state index contributed by atoms with van der Waals surface area (Å²) in [7, 11) is 1.62. The van der Waals surface area contributed by atoms with Gasteiger partial charge in [0.2, 0.25) is 5.88 Å². The van der Waals surface area contributed by atoms with Crippen LogP contribution in [0.25, 0.3) is 11.3 Å². The molecule has 2 aromatic heterocycles. The van der Waals surface area contributed by atoms with Crippen LogP contribution in [0.5, 0.6) is 5.88 Å². The van der Waals surface area contributed by atoms with Crippen molar-refractivity contribution in [1.82, 2.24) is 15.0 Å². The monoisotopic (exact) mass is 280 g/mol. The Morgan fingerprint density at radius 1 is 1.14 bits per heavy atom. The first kappa shape index (κ1) is 13.2. The number of nitrogens with one attached hydrogen (secondary N) is 2. The Kier molecular flexibility index (Phi) is 3.82. The summed E-state index contributed by atoms with van der Waals surface area (Å²) in [6.07, 6.45) is 3.48. The molecule has 0 aliphatic heterocycles. The van der Waals surface area contributed by atoms with E-state index >= 15 is 0 Å². The molecule has 0 radical (unpaired) electrons. The highest BCUT2D eigenvalue weighted by Gasteiger charge is 2.00. The maximum absolute atomic E-state index is 5.12. The van der Waals surface area contributed by atoms with Crippen molar-refractivity contribution in [3.63, 3.8) is 0 Å². The number of aromatic amines is 1. The van der Waals surface area contributed by atoms with Crippen molar-refractivity contribution in [2.24, 2.45) is 0 Å². The standard InChI is InChI=1S/C16H16N4O/c1-21-16-4-2-3-14(20-16)9-18-13-7-5-12(6-8-13)15-10-17-11-19-15/h2-8,10-11,18H,9H2,1H3,(H,17,19). The average molecular weight is 280 g/mol. The molecule has 0 unspecified atom stereocenters. The fourth-order valence-electron chi connectivity index (χ4n) is 2.04. The summed E-state index contributed by atoms with van der Waals surface area (Å²) < 4.78 is 5.12. The number of pyridine rings is 1. The molecule has 0 spiro atoms. The first-order chi connectivity index (χ1) is 10.3. The highest BCUT2D eigenvalue weighted by atomic mass is 16.5. The minimum atomic E-state index is 0.629. The van der Waals surface area contributed by atoms with Gasteiger partial charge in [-0.15, -0.1) is 0 Å². The predicted octanol–water partition coefficient (Wildman–Crippen LogP) is 3.09. The van der Waals surface area contributed by atoms with Gasteiger partial charge in [-0.2, -0.15) is 0 Å².